The minimum Gasteiger partial charge on any atom is -0.352 e. The summed E-state index contributed by atoms with van der Waals surface area (Å²) in [5.41, 5.74) is 3.48. The van der Waals surface area contributed by atoms with Gasteiger partial charge in [0.25, 0.3) is 11.9 Å². The third kappa shape index (κ3) is 4.87. The summed E-state index contributed by atoms with van der Waals surface area (Å²) < 4.78 is 15.1. The Kier molecular flexibility index (Phi) is 6.70. The second kappa shape index (κ2) is 10.1. The normalized spacial score (nSPS) is 16.0. The highest BCUT2D eigenvalue weighted by Crippen LogP contribution is 2.31. The number of halogens is 1. The van der Waals surface area contributed by atoms with Crippen molar-refractivity contribution in [2.45, 2.75) is 32.2 Å². The summed E-state index contributed by atoms with van der Waals surface area (Å²) in [6, 6.07) is 10.6. The first-order chi connectivity index (χ1) is 17.0. The average Bonchev–Trinajstić information content (AvgIpc) is 3.61. The number of aromatic nitrogens is 4. The van der Waals surface area contributed by atoms with Crippen molar-refractivity contribution in [1.82, 2.24) is 30.0 Å². The van der Waals surface area contributed by atoms with Gasteiger partial charge in [0.15, 0.2) is 0 Å². The van der Waals surface area contributed by atoms with Crippen LogP contribution in [-0.4, -0.2) is 56.7 Å². The number of hydrogen-bond donors (Lipinski definition) is 1. The number of aryl methyl sites for hydroxylation is 1. The van der Waals surface area contributed by atoms with Crippen LogP contribution in [-0.2, 0) is 0 Å². The van der Waals surface area contributed by atoms with Crippen LogP contribution in [0.1, 0.15) is 35.2 Å². The number of carbonyl (C=O) groups excluding carboxylic acids is 1. The predicted octanol–water partition coefficient (Wildman–Crippen LogP) is 4.72. The number of carbonyl (C=O) groups is 1. The standard InChI is InChI=1S/C26H27FN6OS/c1-17-15-29-26(31-23(17)18-7-9-19(27)10-8-18)33-24(22-6-4-14-35-22)21(16-30-33)25(34)28-12-11-20-5-3-13-32(20)2/h4,6-10,14-16,20H,3,5,11-13H2,1-2H3,(H,28,34)/t20-/m0/s1. The molecule has 9 heteroatoms. The van der Waals surface area contributed by atoms with Crippen molar-refractivity contribution < 1.29 is 9.18 Å². The maximum atomic E-state index is 13.4. The number of nitrogens with zero attached hydrogens (tertiary/aromatic N) is 5. The molecule has 4 heterocycles. The van der Waals surface area contributed by atoms with Gasteiger partial charge in [0.1, 0.15) is 11.5 Å². The molecular weight excluding hydrogens is 463 g/mol. The number of rotatable bonds is 7. The first kappa shape index (κ1) is 23.3. The zero-order valence-corrected chi connectivity index (χ0v) is 20.6. The monoisotopic (exact) mass is 490 g/mol. The van der Waals surface area contributed by atoms with Crippen LogP contribution in [0.3, 0.4) is 0 Å². The molecule has 1 aliphatic rings. The Bertz CT molecular complexity index is 1320. The lowest BCUT2D eigenvalue weighted by Gasteiger charge is -2.19. The quantitative estimate of drug-likeness (QED) is 0.406. The lowest BCUT2D eigenvalue weighted by Crippen LogP contribution is -2.31. The Hall–Kier alpha value is -3.43. The molecule has 4 aromatic rings. The molecular formula is C26H27FN6OS. The summed E-state index contributed by atoms with van der Waals surface area (Å²) in [5.74, 6) is -0.112. The van der Waals surface area contributed by atoms with E-state index in [-0.39, 0.29) is 11.7 Å². The van der Waals surface area contributed by atoms with E-state index in [9.17, 15) is 9.18 Å². The maximum Gasteiger partial charge on any atom is 0.255 e. The Morgan fingerprint density at radius 3 is 2.77 bits per heavy atom. The highest BCUT2D eigenvalue weighted by molar-refractivity contribution is 7.13. The van der Waals surface area contributed by atoms with Gasteiger partial charge in [0, 0.05) is 24.3 Å². The summed E-state index contributed by atoms with van der Waals surface area (Å²) in [7, 11) is 2.14. The van der Waals surface area contributed by atoms with E-state index < -0.39 is 0 Å². The van der Waals surface area contributed by atoms with Crippen molar-refractivity contribution >= 4 is 17.2 Å². The zero-order chi connectivity index (χ0) is 24.4. The van der Waals surface area contributed by atoms with Crippen LogP contribution in [0.4, 0.5) is 4.39 Å². The van der Waals surface area contributed by atoms with E-state index in [1.54, 1.807) is 29.2 Å². The van der Waals surface area contributed by atoms with E-state index >= 15 is 0 Å². The van der Waals surface area contributed by atoms with E-state index in [4.69, 9.17) is 4.98 Å². The summed E-state index contributed by atoms with van der Waals surface area (Å²) in [6.45, 7) is 3.63. The third-order valence-electron chi connectivity index (χ3n) is 6.47. The molecule has 7 nitrogen and oxygen atoms in total. The largest absolute Gasteiger partial charge is 0.352 e. The minimum absolute atomic E-state index is 0.161. The van der Waals surface area contributed by atoms with E-state index in [1.165, 1.54) is 36.3 Å². The Morgan fingerprint density at radius 1 is 1.23 bits per heavy atom. The lowest BCUT2D eigenvalue weighted by molar-refractivity contribution is 0.0951. The molecule has 35 heavy (non-hydrogen) atoms. The molecule has 1 aliphatic heterocycles. The molecule has 1 fully saturated rings. The van der Waals surface area contributed by atoms with E-state index in [1.807, 2.05) is 24.4 Å². The average molecular weight is 491 g/mol. The number of nitrogens with one attached hydrogen (secondary N) is 1. The molecule has 0 saturated carbocycles. The first-order valence-corrected chi connectivity index (χ1v) is 12.6. The van der Waals surface area contributed by atoms with Crippen molar-refractivity contribution in [3.8, 4) is 27.8 Å². The number of amides is 1. The van der Waals surface area contributed by atoms with Crippen molar-refractivity contribution in [2.24, 2.45) is 0 Å². The van der Waals surface area contributed by atoms with Gasteiger partial charge in [-0.3, -0.25) is 4.79 Å². The molecule has 5 rings (SSSR count). The fourth-order valence-corrected chi connectivity index (χ4v) is 5.31. The number of likely N-dealkylation sites (tertiary alicyclic amines) is 1. The lowest BCUT2D eigenvalue weighted by atomic mass is 10.1. The van der Waals surface area contributed by atoms with Crippen LogP contribution in [0, 0.1) is 12.7 Å². The minimum atomic E-state index is -0.303. The van der Waals surface area contributed by atoms with Crippen molar-refractivity contribution in [3.63, 3.8) is 0 Å². The van der Waals surface area contributed by atoms with Gasteiger partial charge in [-0.25, -0.2) is 14.4 Å². The Labute approximate surface area is 207 Å². The highest BCUT2D eigenvalue weighted by atomic mass is 32.1. The molecule has 1 atom stereocenters. The van der Waals surface area contributed by atoms with Crippen LogP contribution >= 0.6 is 11.3 Å². The summed E-state index contributed by atoms with van der Waals surface area (Å²) in [5, 5.41) is 9.55. The van der Waals surface area contributed by atoms with Crippen molar-refractivity contribution in [1.29, 1.82) is 0 Å². The second-order valence-electron chi connectivity index (χ2n) is 8.83. The molecule has 0 unspecified atom stereocenters. The topological polar surface area (TPSA) is 75.9 Å². The van der Waals surface area contributed by atoms with Crippen molar-refractivity contribution in [2.75, 3.05) is 20.1 Å². The summed E-state index contributed by atoms with van der Waals surface area (Å²) >= 11 is 1.53. The van der Waals surface area contributed by atoms with Gasteiger partial charge in [-0.2, -0.15) is 9.78 Å². The number of hydrogen-bond acceptors (Lipinski definition) is 6. The van der Waals surface area contributed by atoms with Crippen LogP contribution in [0.25, 0.3) is 27.8 Å². The van der Waals surface area contributed by atoms with E-state index in [0.29, 0.717) is 35.5 Å². The van der Waals surface area contributed by atoms with Gasteiger partial charge >= 0.3 is 0 Å². The summed E-state index contributed by atoms with van der Waals surface area (Å²) in [4.78, 5) is 25.7. The van der Waals surface area contributed by atoms with Crippen LogP contribution in [0.5, 0.6) is 0 Å². The fourth-order valence-electron chi connectivity index (χ4n) is 4.54. The van der Waals surface area contributed by atoms with Crippen LogP contribution in [0.15, 0.2) is 54.2 Å². The molecule has 1 saturated heterocycles. The highest BCUT2D eigenvalue weighted by Gasteiger charge is 2.24. The first-order valence-electron chi connectivity index (χ1n) is 11.7. The van der Waals surface area contributed by atoms with E-state index in [0.717, 1.165) is 29.0 Å². The fraction of sp³-hybridized carbons (Fsp3) is 0.308. The van der Waals surface area contributed by atoms with Gasteiger partial charge < -0.3 is 10.2 Å². The Morgan fingerprint density at radius 2 is 2.06 bits per heavy atom. The third-order valence-corrected chi connectivity index (χ3v) is 7.35. The SMILES string of the molecule is Cc1cnc(-n2ncc(C(=O)NCC[C@@H]3CCCN3C)c2-c2cccs2)nc1-c1ccc(F)cc1. The number of benzene rings is 1. The molecule has 0 radical (unpaired) electrons. The smallest absolute Gasteiger partial charge is 0.255 e. The van der Waals surface area contributed by atoms with Gasteiger partial charge in [-0.05, 0) is 81.1 Å². The second-order valence-corrected chi connectivity index (χ2v) is 9.77. The molecule has 180 valence electrons. The molecule has 1 N–H and O–H groups in total. The predicted molar refractivity (Wildman–Crippen MR) is 135 cm³/mol. The van der Waals surface area contributed by atoms with Gasteiger partial charge in [0.2, 0.25) is 0 Å². The van der Waals surface area contributed by atoms with Gasteiger partial charge in [0.05, 0.1) is 22.3 Å². The molecule has 1 aromatic carbocycles. The Balaban J connectivity index is 1.46. The summed E-state index contributed by atoms with van der Waals surface area (Å²) in [6.07, 6.45) is 6.60. The molecule has 0 spiro atoms. The van der Waals surface area contributed by atoms with Crippen LogP contribution in [0.2, 0.25) is 0 Å². The zero-order valence-electron chi connectivity index (χ0n) is 19.7. The molecule has 0 aliphatic carbocycles. The van der Waals surface area contributed by atoms with Gasteiger partial charge in [-0.1, -0.05) is 6.07 Å². The molecule has 3 aromatic heterocycles. The van der Waals surface area contributed by atoms with Gasteiger partial charge in [-0.15, -0.1) is 11.3 Å². The molecule has 1 amide bonds. The van der Waals surface area contributed by atoms with E-state index in [2.05, 4.69) is 27.3 Å². The number of thiophene rings is 1. The van der Waals surface area contributed by atoms with Crippen molar-refractivity contribution in [3.05, 3.63) is 71.1 Å². The maximum absolute atomic E-state index is 13.4. The van der Waals surface area contributed by atoms with Crippen LogP contribution < -0.4 is 5.32 Å². The molecule has 0 bridgehead atoms.